The van der Waals surface area contributed by atoms with Gasteiger partial charge >= 0.3 is 11.7 Å². The Morgan fingerprint density at radius 2 is 1.96 bits per heavy atom. The Kier molecular flexibility index (Phi) is 5.06. The Morgan fingerprint density at radius 3 is 2.56 bits per heavy atom. The van der Waals surface area contributed by atoms with E-state index in [1.54, 1.807) is 31.3 Å². The molecular formula is C17H16N6O4. The first-order chi connectivity index (χ1) is 12.9. The number of anilines is 2. The molecule has 0 saturated carbocycles. The largest absolute Gasteiger partial charge is 0.461 e. The summed E-state index contributed by atoms with van der Waals surface area (Å²) >= 11 is 0. The molecule has 0 saturated heterocycles. The van der Waals surface area contributed by atoms with E-state index in [0.717, 1.165) is 5.56 Å². The molecule has 10 heteroatoms. The minimum atomic E-state index is -0.509. The number of aromatic nitrogens is 4. The van der Waals surface area contributed by atoms with Gasteiger partial charge in [0.15, 0.2) is 0 Å². The third-order valence-electron chi connectivity index (χ3n) is 3.59. The summed E-state index contributed by atoms with van der Waals surface area (Å²) in [6, 6.07) is 9.84. The zero-order chi connectivity index (χ0) is 19.4. The van der Waals surface area contributed by atoms with Crippen LogP contribution in [0.15, 0.2) is 42.6 Å². The molecule has 0 unspecified atom stereocenters. The lowest BCUT2D eigenvalue weighted by molar-refractivity contribution is -0.384. The second-order valence-electron chi connectivity index (χ2n) is 5.64. The molecule has 138 valence electrons. The zero-order valence-electron chi connectivity index (χ0n) is 14.6. The van der Waals surface area contributed by atoms with Gasteiger partial charge < -0.3 is 10.1 Å². The molecule has 0 aliphatic heterocycles. The first kappa shape index (κ1) is 18.0. The number of rotatable bonds is 6. The van der Waals surface area contributed by atoms with Gasteiger partial charge in [0.1, 0.15) is 12.3 Å². The van der Waals surface area contributed by atoms with Gasteiger partial charge in [-0.2, -0.15) is 15.0 Å². The van der Waals surface area contributed by atoms with Crippen molar-refractivity contribution in [3.05, 3.63) is 58.3 Å². The van der Waals surface area contributed by atoms with Crippen LogP contribution >= 0.6 is 0 Å². The van der Waals surface area contributed by atoms with E-state index in [9.17, 15) is 14.9 Å². The van der Waals surface area contributed by atoms with Crippen molar-refractivity contribution in [1.82, 2.24) is 20.0 Å². The van der Waals surface area contributed by atoms with E-state index in [0.29, 0.717) is 17.1 Å². The van der Waals surface area contributed by atoms with Crippen molar-refractivity contribution in [2.45, 2.75) is 13.5 Å². The molecule has 0 fully saturated rings. The Labute approximate surface area is 153 Å². The molecule has 3 rings (SSSR count). The maximum absolute atomic E-state index is 11.3. The Balaban J connectivity index is 1.86. The van der Waals surface area contributed by atoms with Crippen LogP contribution in [-0.4, -0.2) is 30.9 Å². The van der Waals surface area contributed by atoms with Gasteiger partial charge in [-0.1, -0.05) is 12.1 Å². The molecule has 0 atom stereocenters. The minimum absolute atomic E-state index is 0.0934. The summed E-state index contributed by atoms with van der Waals surface area (Å²) in [6.45, 7) is 1.50. The number of nitro groups is 1. The quantitative estimate of drug-likeness (QED) is 0.400. The predicted octanol–water partition coefficient (Wildman–Crippen LogP) is 2.59. The molecule has 0 radical (unpaired) electrons. The van der Waals surface area contributed by atoms with E-state index in [2.05, 4.69) is 20.5 Å². The molecule has 1 aromatic carbocycles. The van der Waals surface area contributed by atoms with Crippen molar-refractivity contribution in [3.63, 3.8) is 0 Å². The smallest absolute Gasteiger partial charge is 0.311 e. The molecule has 2 heterocycles. The highest BCUT2D eigenvalue weighted by Gasteiger charge is 2.18. The molecule has 2 aromatic heterocycles. The number of nitrogens with one attached hydrogen (secondary N) is 1. The Bertz CT molecular complexity index is 983. The predicted molar refractivity (Wildman–Crippen MR) is 96.1 cm³/mol. The number of carbonyl (C=O) groups is 1. The lowest BCUT2D eigenvalue weighted by atomic mass is 10.2. The van der Waals surface area contributed by atoms with Gasteiger partial charge in [-0.05, 0) is 23.8 Å². The normalized spacial score (nSPS) is 10.4. The lowest BCUT2D eigenvalue weighted by Gasteiger charge is -2.08. The fourth-order valence-corrected chi connectivity index (χ4v) is 2.30. The minimum Gasteiger partial charge on any atom is -0.461 e. The molecule has 10 nitrogen and oxygen atoms in total. The summed E-state index contributed by atoms with van der Waals surface area (Å²) in [6.07, 6.45) is 1.53. The highest BCUT2D eigenvalue weighted by molar-refractivity contribution is 5.69. The molecule has 0 spiro atoms. The molecule has 0 bridgehead atoms. The maximum Gasteiger partial charge on any atom is 0.311 e. The maximum atomic E-state index is 11.3. The third kappa shape index (κ3) is 4.42. The van der Waals surface area contributed by atoms with Crippen molar-refractivity contribution >= 4 is 23.2 Å². The third-order valence-corrected chi connectivity index (χ3v) is 3.59. The van der Waals surface area contributed by atoms with Crippen LogP contribution in [0.5, 0.6) is 0 Å². The fraction of sp³-hybridized carbons (Fsp3) is 0.176. The summed E-state index contributed by atoms with van der Waals surface area (Å²) in [4.78, 5) is 27.4. The lowest BCUT2D eigenvalue weighted by Crippen LogP contribution is -2.02. The van der Waals surface area contributed by atoms with Gasteiger partial charge in [0.25, 0.3) is 0 Å². The average molecular weight is 368 g/mol. The van der Waals surface area contributed by atoms with Crippen molar-refractivity contribution in [2.75, 3.05) is 5.32 Å². The highest BCUT2D eigenvalue weighted by Crippen LogP contribution is 2.28. The number of benzene rings is 1. The molecule has 0 amide bonds. The summed E-state index contributed by atoms with van der Waals surface area (Å²) in [5, 5.41) is 22.4. The van der Waals surface area contributed by atoms with Crippen LogP contribution in [0.25, 0.3) is 11.4 Å². The van der Waals surface area contributed by atoms with Crippen LogP contribution in [0.3, 0.4) is 0 Å². The molecule has 1 N–H and O–H groups in total. The van der Waals surface area contributed by atoms with Gasteiger partial charge in [-0.25, -0.2) is 4.98 Å². The topological polar surface area (TPSA) is 125 Å². The van der Waals surface area contributed by atoms with Crippen LogP contribution in [0.4, 0.5) is 17.2 Å². The average Bonchev–Trinajstić information content (AvgIpc) is 3.07. The van der Waals surface area contributed by atoms with Gasteiger partial charge in [0.2, 0.25) is 5.82 Å². The van der Waals surface area contributed by atoms with Crippen molar-refractivity contribution in [2.24, 2.45) is 7.05 Å². The second kappa shape index (κ2) is 7.60. The first-order valence-electron chi connectivity index (χ1n) is 7.94. The van der Waals surface area contributed by atoms with E-state index < -0.39 is 4.92 Å². The number of aryl methyl sites for hydroxylation is 1. The van der Waals surface area contributed by atoms with Crippen LogP contribution in [0, 0.1) is 10.1 Å². The van der Waals surface area contributed by atoms with Crippen LogP contribution in [-0.2, 0) is 23.2 Å². The number of hydrogen-bond acceptors (Lipinski definition) is 8. The van der Waals surface area contributed by atoms with Crippen LogP contribution in [0.1, 0.15) is 12.5 Å². The second-order valence-corrected chi connectivity index (χ2v) is 5.64. The summed E-state index contributed by atoms with van der Waals surface area (Å²) in [7, 11) is 1.67. The molecular weight excluding hydrogens is 352 g/mol. The van der Waals surface area contributed by atoms with E-state index in [4.69, 9.17) is 4.74 Å². The van der Waals surface area contributed by atoms with Gasteiger partial charge in [-0.15, -0.1) is 0 Å². The molecule has 0 aliphatic rings. The van der Waals surface area contributed by atoms with Crippen molar-refractivity contribution < 1.29 is 14.5 Å². The number of esters is 1. The van der Waals surface area contributed by atoms with Crippen LogP contribution < -0.4 is 5.32 Å². The van der Waals surface area contributed by atoms with E-state index >= 15 is 0 Å². The summed E-state index contributed by atoms with van der Waals surface area (Å²) in [5.74, 6) is -0.270. The SMILES string of the molecule is CC(=O)OCc1ccc(Nc2nc(-c3cnn(C)n3)ccc2[N+](=O)[O-])cc1. The van der Waals surface area contributed by atoms with Gasteiger partial charge in [0.05, 0.1) is 16.8 Å². The monoisotopic (exact) mass is 368 g/mol. The molecule has 27 heavy (non-hydrogen) atoms. The molecule has 3 aromatic rings. The molecule has 0 aliphatic carbocycles. The summed E-state index contributed by atoms with van der Waals surface area (Å²) in [5.41, 5.74) is 2.21. The number of pyridine rings is 1. The van der Waals surface area contributed by atoms with E-state index in [1.807, 2.05) is 0 Å². The zero-order valence-corrected chi connectivity index (χ0v) is 14.6. The first-order valence-corrected chi connectivity index (χ1v) is 7.94. The van der Waals surface area contributed by atoms with E-state index in [-0.39, 0.29) is 24.1 Å². The number of carbonyl (C=O) groups excluding carboxylic acids is 1. The summed E-state index contributed by atoms with van der Waals surface area (Å²) < 4.78 is 4.93. The van der Waals surface area contributed by atoms with Gasteiger partial charge in [0, 0.05) is 25.7 Å². The number of nitrogens with zero attached hydrogens (tertiary/aromatic N) is 5. The van der Waals surface area contributed by atoms with Crippen molar-refractivity contribution in [3.8, 4) is 11.4 Å². The number of hydrogen-bond donors (Lipinski definition) is 1. The standard InChI is InChI=1S/C17H16N6O4/c1-11(24)27-10-12-3-5-13(6-4-12)19-17-16(23(25)26)8-7-14(20-17)15-9-18-22(2)21-15/h3-9H,10H2,1-2H3,(H,19,20). The van der Waals surface area contributed by atoms with Gasteiger partial charge in [-0.3, -0.25) is 14.9 Å². The van der Waals surface area contributed by atoms with Crippen molar-refractivity contribution in [1.29, 1.82) is 0 Å². The van der Waals surface area contributed by atoms with E-state index in [1.165, 1.54) is 30.0 Å². The number of ether oxygens (including phenoxy) is 1. The Morgan fingerprint density at radius 1 is 1.22 bits per heavy atom. The van der Waals surface area contributed by atoms with Crippen LogP contribution in [0.2, 0.25) is 0 Å². The Hall–Kier alpha value is -3.82. The highest BCUT2D eigenvalue weighted by atomic mass is 16.6. The fourth-order valence-electron chi connectivity index (χ4n) is 2.30.